The van der Waals surface area contributed by atoms with Gasteiger partial charge in [-0.1, -0.05) is 37.3 Å². The van der Waals surface area contributed by atoms with Gasteiger partial charge in [0.2, 0.25) is 5.91 Å². The van der Waals surface area contributed by atoms with Crippen LogP contribution in [0, 0.1) is 0 Å². The van der Waals surface area contributed by atoms with E-state index in [2.05, 4.69) is 43.4 Å². The molecule has 2 unspecified atom stereocenters. The molecule has 1 aliphatic rings. The quantitative estimate of drug-likeness (QED) is 0.872. The first-order valence-electron chi connectivity index (χ1n) is 7.76. The van der Waals surface area contributed by atoms with Gasteiger partial charge < -0.3 is 9.80 Å². The smallest absolute Gasteiger partial charge is 0.244 e. The van der Waals surface area contributed by atoms with Crippen LogP contribution in [0.15, 0.2) is 30.3 Å². The molecule has 21 heavy (non-hydrogen) atoms. The Morgan fingerprint density at radius 1 is 1.29 bits per heavy atom. The van der Waals surface area contributed by atoms with Crippen molar-refractivity contribution in [3.8, 4) is 0 Å². The first-order valence-corrected chi connectivity index (χ1v) is 7.76. The van der Waals surface area contributed by atoms with E-state index in [1.165, 1.54) is 0 Å². The second kappa shape index (κ2) is 6.58. The van der Waals surface area contributed by atoms with E-state index in [0.717, 1.165) is 31.5 Å². The third-order valence-electron chi connectivity index (χ3n) is 4.33. The molecule has 2 rings (SSSR count). The average molecular weight is 289 g/mol. The van der Waals surface area contributed by atoms with E-state index in [9.17, 15) is 4.79 Å². The summed E-state index contributed by atoms with van der Waals surface area (Å²) in [6, 6.07) is 10.2. The van der Waals surface area contributed by atoms with Gasteiger partial charge in [-0.05, 0) is 46.0 Å². The molecule has 1 fully saturated rings. The van der Waals surface area contributed by atoms with Gasteiger partial charge in [-0.25, -0.2) is 0 Å². The number of benzene rings is 1. The highest BCUT2D eigenvalue weighted by Gasteiger charge is 2.46. The van der Waals surface area contributed by atoms with Crippen LogP contribution < -0.4 is 5.32 Å². The highest BCUT2D eigenvalue weighted by atomic mass is 16.2. The second-order valence-corrected chi connectivity index (χ2v) is 6.30. The molecule has 1 saturated heterocycles. The maximum atomic E-state index is 12.8. The monoisotopic (exact) mass is 289 g/mol. The third-order valence-corrected chi connectivity index (χ3v) is 4.33. The van der Waals surface area contributed by atoms with Crippen molar-refractivity contribution in [2.24, 2.45) is 0 Å². The van der Waals surface area contributed by atoms with Crippen LogP contribution in [0.3, 0.4) is 0 Å². The summed E-state index contributed by atoms with van der Waals surface area (Å²) in [5.41, 5.74) is 0.714. The van der Waals surface area contributed by atoms with Gasteiger partial charge in [0, 0.05) is 6.54 Å². The number of hydrogen-bond donors (Lipinski definition) is 1. The highest BCUT2D eigenvalue weighted by Crippen LogP contribution is 2.32. The summed E-state index contributed by atoms with van der Waals surface area (Å²) in [5, 5.41) is 3.53. The average Bonchev–Trinajstić information content (AvgIpc) is 2.73. The van der Waals surface area contributed by atoms with Gasteiger partial charge >= 0.3 is 0 Å². The number of nitrogens with one attached hydrogen (secondary N) is 1. The Balaban J connectivity index is 2.17. The highest BCUT2D eigenvalue weighted by molar-refractivity contribution is 5.88. The molecule has 1 aliphatic heterocycles. The Morgan fingerprint density at radius 2 is 1.95 bits per heavy atom. The lowest BCUT2D eigenvalue weighted by atomic mass is 9.99. The van der Waals surface area contributed by atoms with E-state index in [-0.39, 0.29) is 12.1 Å². The van der Waals surface area contributed by atoms with Gasteiger partial charge in [0.1, 0.15) is 6.17 Å². The van der Waals surface area contributed by atoms with Crippen molar-refractivity contribution in [1.82, 2.24) is 15.1 Å². The molecule has 1 N–H and O–H groups in total. The van der Waals surface area contributed by atoms with Crippen LogP contribution in [-0.2, 0) is 4.79 Å². The molecule has 0 aliphatic carbocycles. The lowest BCUT2D eigenvalue weighted by molar-refractivity contribution is -0.133. The largest absolute Gasteiger partial charge is 0.321 e. The van der Waals surface area contributed by atoms with Crippen molar-refractivity contribution >= 4 is 5.91 Å². The molecule has 4 heteroatoms. The van der Waals surface area contributed by atoms with Gasteiger partial charge in [-0.3, -0.25) is 10.1 Å². The Morgan fingerprint density at radius 3 is 2.52 bits per heavy atom. The van der Waals surface area contributed by atoms with E-state index in [1.54, 1.807) is 0 Å². The molecular weight excluding hydrogens is 262 g/mol. The van der Waals surface area contributed by atoms with Crippen LogP contribution in [0.1, 0.15) is 38.4 Å². The molecule has 0 aromatic heterocycles. The fourth-order valence-electron chi connectivity index (χ4n) is 2.82. The number of amides is 1. The zero-order valence-electron chi connectivity index (χ0n) is 13.6. The number of carbonyl (C=O) groups excluding carboxylic acids is 1. The van der Waals surface area contributed by atoms with Crippen LogP contribution in [0.4, 0.5) is 0 Å². The summed E-state index contributed by atoms with van der Waals surface area (Å²) in [7, 11) is 4.13. The predicted octanol–water partition coefficient (Wildman–Crippen LogP) is 2.24. The van der Waals surface area contributed by atoms with Crippen LogP contribution in [0.5, 0.6) is 0 Å². The first kappa shape index (κ1) is 16.0. The molecule has 0 spiro atoms. The van der Waals surface area contributed by atoms with Crippen molar-refractivity contribution in [1.29, 1.82) is 0 Å². The lowest BCUT2D eigenvalue weighted by Crippen LogP contribution is -2.43. The summed E-state index contributed by atoms with van der Waals surface area (Å²) in [6.45, 7) is 5.86. The second-order valence-electron chi connectivity index (χ2n) is 6.30. The standard InChI is InChI=1S/C17H27N3O/c1-5-17(2)16(21)20(13-9-12-19(3)4)15(18-17)14-10-7-6-8-11-14/h6-8,10-11,15,18H,5,9,12-13H2,1-4H3. The molecule has 1 aromatic rings. The molecule has 116 valence electrons. The maximum Gasteiger partial charge on any atom is 0.244 e. The molecule has 0 bridgehead atoms. The Labute approximate surface area is 128 Å². The van der Waals surface area contributed by atoms with E-state index in [0.29, 0.717) is 0 Å². The van der Waals surface area contributed by atoms with E-state index in [4.69, 9.17) is 0 Å². The minimum atomic E-state index is -0.446. The summed E-state index contributed by atoms with van der Waals surface area (Å²) in [5.74, 6) is 0.220. The number of hydrogen-bond acceptors (Lipinski definition) is 3. The molecular formula is C17H27N3O. The van der Waals surface area contributed by atoms with E-state index < -0.39 is 5.54 Å². The van der Waals surface area contributed by atoms with Gasteiger partial charge in [0.05, 0.1) is 5.54 Å². The lowest BCUT2D eigenvalue weighted by Gasteiger charge is -2.25. The minimum Gasteiger partial charge on any atom is -0.321 e. The number of nitrogens with zero attached hydrogens (tertiary/aromatic N) is 2. The van der Waals surface area contributed by atoms with Crippen LogP contribution in [0.2, 0.25) is 0 Å². The topological polar surface area (TPSA) is 35.6 Å². The van der Waals surface area contributed by atoms with E-state index in [1.807, 2.05) is 30.0 Å². The molecule has 2 atom stereocenters. The summed E-state index contributed by atoms with van der Waals surface area (Å²) >= 11 is 0. The molecule has 1 aromatic carbocycles. The summed E-state index contributed by atoms with van der Waals surface area (Å²) in [4.78, 5) is 16.9. The van der Waals surface area contributed by atoms with Gasteiger partial charge in [-0.15, -0.1) is 0 Å². The Kier molecular flexibility index (Phi) is 5.01. The van der Waals surface area contributed by atoms with Crippen molar-refractivity contribution < 1.29 is 4.79 Å². The molecule has 1 heterocycles. The Hall–Kier alpha value is -1.39. The van der Waals surface area contributed by atoms with Crippen molar-refractivity contribution in [2.75, 3.05) is 27.2 Å². The normalized spacial score (nSPS) is 25.9. The summed E-state index contributed by atoms with van der Waals surface area (Å²) < 4.78 is 0. The number of carbonyl (C=O) groups is 1. The van der Waals surface area contributed by atoms with Crippen LogP contribution >= 0.6 is 0 Å². The van der Waals surface area contributed by atoms with Crippen molar-refractivity contribution in [3.05, 3.63) is 35.9 Å². The molecule has 1 amide bonds. The SMILES string of the molecule is CCC1(C)NC(c2ccccc2)N(CCCN(C)C)C1=O. The molecule has 0 radical (unpaired) electrons. The zero-order chi connectivity index (χ0) is 15.5. The molecule has 4 nitrogen and oxygen atoms in total. The maximum absolute atomic E-state index is 12.8. The van der Waals surface area contributed by atoms with E-state index >= 15 is 0 Å². The zero-order valence-corrected chi connectivity index (χ0v) is 13.6. The fraction of sp³-hybridized carbons (Fsp3) is 0.588. The fourth-order valence-corrected chi connectivity index (χ4v) is 2.82. The summed E-state index contributed by atoms with van der Waals surface area (Å²) in [6.07, 6.45) is 1.79. The third kappa shape index (κ3) is 3.44. The van der Waals surface area contributed by atoms with Gasteiger partial charge in [-0.2, -0.15) is 0 Å². The van der Waals surface area contributed by atoms with Crippen LogP contribution in [-0.4, -0.2) is 48.4 Å². The minimum absolute atomic E-state index is 0.00851. The van der Waals surface area contributed by atoms with Gasteiger partial charge in [0.25, 0.3) is 0 Å². The van der Waals surface area contributed by atoms with Gasteiger partial charge in [0.15, 0.2) is 0 Å². The predicted molar refractivity (Wildman–Crippen MR) is 85.9 cm³/mol. The number of rotatable bonds is 6. The van der Waals surface area contributed by atoms with Crippen molar-refractivity contribution in [3.63, 3.8) is 0 Å². The Bertz CT molecular complexity index is 474. The molecule has 0 saturated carbocycles. The first-order chi connectivity index (χ1) is 9.98. The van der Waals surface area contributed by atoms with Crippen LogP contribution in [0.25, 0.3) is 0 Å². The van der Waals surface area contributed by atoms with Crippen molar-refractivity contribution in [2.45, 2.75) is 38.4 Å².